The maximum absolute atomic E-state index is 13.1. The molecule has 1 fully saturated rings. The molecule has 0 aromatic heterocycles. The molecule has 0 amide bonds. The quantitative estimate of drug-likeness (QED) is 0.445. The number of carbonyl (C=O) groups excluding carboxylic acids is 1. The molecule has 5 nitrogen and oxygen atoms in total. The second-order valence-corrected chi connectivity index (χ2v) is 6.16. The van der Waals surface area contributed by atoms with Crippen LogP contribution in [-0.2, 0) is 19.6 Å². The van der Waals surface area contributed by atoms with Crippen molar-refractivity contribution < 1.29 is 44.5 Å². The molecule has 0 aromatic rings. The van der Waals surface area contributed by atoms with Gasteiger partial charge in [-0.05, 0) is 12.8 Å². The summed E-state index contributed by atoms with van der Waals surface area (Å²) in [6, 6.07) is 0. The van der Waals surface area contributed by atoms with Gasteiger partial charge in [-0.1, -0.05) is 19.3 Å². The third kappa shape index (κ3) is 4.25. The first-order valence-corrected chi connectivity index (χ1v) is 7.38. The van der Waals surface area contributed by atoms with Crippen molar-refractivity contribution in [2.75, 3.05) is 0 Å². The van der Waals surface area contributed by atoms with Gasteiger partial charge in [-0.15, -0.1) is 0 Å². The second kappa shape index (κ2) is 6.03. The predicted octanol–water partition coefficient (Wildman–Crippen LogP) is 2.18. The van der Waals surface area contributed by atoms with E-state index >= 15 is 0 Å². The van der Waals surface area contributed by atoms with Crippen LogP contribution in [0.25, 0.3) is 0 Å². The summed E-state index contributed by atoms with van der Waals surface area (Å²) in [6.07, 6.45) is -8.07. The molecule has 11 heteroatoms. The lowest BCUT2D eigenvalue weighted by Crippen LogP contribution is -2.52. The van der Waals surface area contributed by atoms with Crippen molar-refractivity contribution in [2.45, 2.75) is 49.6 Å². The van der Waals surface area contributed by atoms with Crippen molar-refractivity contribution in [2.24, 2.45) is 5.92 Å². The van der Waals surface area contributed by atoms with Gasteiger partial charge < -0.3 is 9.29 Å². The van der Waals surface area contributed by atoms with Crippen molar-refractivity contribution in [1.82, 2.24) is 0 Å². The molecule has 0 saturated heterocycles. The molecule has 0 N–H and O–H groups in total. The summed E-state index contributed by atoms with van der Waals surface area (Å²) in [6.45, 7) is 0. The van der Waals surface area contributed by atoms with Gasteiger partial charge in [0.05, 0.1) is 5.92 Å². The Morgan fingerprint density at radius 2 is 1.57 bits per heavy atom. The zero-order valence-electron chi connectivity index (χ0n) is 10.5. The lowest BCUT2D eigenvalue weighted by molar-refractivity contribution is -0.261. The maximum Gasteiger partial charge on any atom is 0.432 e. The molecule has 124 valence electrons. The molecular formula is C10H12F5O5S-. The molecule has 0 aliphatic heterocycles. The Bertz CT molecular complexity index is 481. The summed E-state index contributed by atoms with van der Waals surface area (Å²) in [5, 5.41) is -5.78. The number of halogens is 5. The summed E-state index contributed by atoms with van der Waals surface area (Å²) in [7, 11) is -6.64. The molecule has 1 aliphatic carbocycles. The standard InChI is InChI=1S/C10H13F5O5S/c11-9(12,13)8(10(14,15)21(17,18)19)20-7(16)6-4-2-1-3-5-6/h6,8H,1-5H2,(H,17,18,19)/p-1. The van der Waals surface area contributed by atoms with Crippen molar-refractivity contribution >= 4 is 16.1 Å². The van der Waals surface area contributed by atoms with Crippen molar-refractivity contribution in [3.8, 4) is 0 Å². The molecule has 1 aliphatic rings. The van der Waals surface area contributed by atoms with Crippen LogP contribution < -0.4 is 0 Å². The number of hydrogen-bond acceptors (Lipinski definition) is 5. The van der Waals surface area contributed by atoms with Gasteiger partial charge >= 0.3 is 17.4 Å². The summed E-state index contributed by atoms with van der Waals surface area (Å²) in [4.78, 5) is 11.5. The first-order chi connectivity index (χ1) is 9.37. The fourth-order valence-electron chi connectivity index (χ4n) is 2.01. The first-order valence-electron chi connectivity index (χ1n) is 5.98. The Morgan fingerprint density at radius 1 is 1.10 bits per heavy atom. The molecule has 21 heavy (non-hydrogen) atoms. The van der Waals surface area contributed by atoms with E-state index in [1.165, 1.54) is 0 Å². The third-order valence-electron chi connectivity index (χ3n) is 3.11. The highest BCUT2D eigenvalue weighted by atomic mass is 32.2. The van der Waals surface area contributed by atoms with Crippen LogP contribution in [0.1, 0.15) is 32.1 Å². The number of ether oxygens (including phenoxy) is 1. The predicted molar refractivity (Wildman–Crippen MR) is 57.2 cm³/mol. The van der Waals surface area contributed by atoms with Gasteiger partial charge in [0.25, 0.3) is 6.10 Å². The van der Waals surface area contributed by atoms with Crippen LogP contribution in [0.4, 0.5) is 22.0 Å². The Labute approximate surface area is 117 Å². The second-order valence-electron chi connectivity index (χ2n) is 4.71. The first kappa shape index (κ1) is 18.1. The normalized spacial score (nSPS) is 20.1. The van der Waals surface area contributed by atoms with E-state index in [0.717, 1.165) is 6.42 Å². The lowest BCUT2D eigenvalue weighted by Gasteiger charge is -2.31. The molecule has 0 spiro atoms. The number of carbonyl (C=O) groups is 1. The monoisotopic (exact) mass is 339 g/mol. The average Bonchev–Trinajstić information content (AvgIpc) is 2.33. The van der Waals surface area contributed by atoms with E-state index in [1.807, 2.05) is 0 Å². The molecule has 0 radical (unpaired) electrons. The highest BCUT2D eigenvalue weighted by molar-refractivity contribution is 7.86. The number of hydrogen-bond donors (Lipinski definition) is 0. The van der Waals surface area contributed by atoms with Gasteiger partial charge in [-0.3, -0.25) is 4.79 Å². The van der Waals surface area contributed by atoms with E-state index in [-0.39, 0.29) is 12.8 Å². The van der Waals surface area contributed by atoms with Gasteiger partial charge in [0.2, 0.25) is 0 Å². The lowest BCUT2D eigenvalue weighted by atomic mass is 9.89. The van der Waals surface area contributed by atoms with Crippen molar-refractivity contribution in [3.63, 3.8) is 0 Å². The molecule has 1 rings (SSSR count). The number of rotatable bonds is 4. The average molecular weight is 339 g/mol. The molecule has 0 heterocycles. The fourth-order valence-corrected chi connectivity index (χ4v) is 2.45. The Morgan fingerprint density at radius 3 is 1.95 bits per heavy atom. The minimum atomic E-state index is -6.64. The highest BCUT2D eigenvalue weighted by Gasteiger charge is 2.63. The van der Waals surface area contributed by atoms with E-state index in [9.17, 15) is 39.7 Å². The fraction of sp³-hybridized carbons (Fsp3) is 0.900. The smallest absolute Gasteiger partial charge is 0.432 e. The summed E-state index contributed by atoms with van der Waals surface area (Å²) < 4.78 is 98.3. The third-order valence-corrected chi connectivity index (χ3v) is 3.99. The van der Waals surface area contributed by atoms with Crippen LogP contribution >= 0.6 is 0 Å². The van der Waals surface area contributed by atoms with Gasteiger partial charge in [-0.2, -0.15) is 22.0 Å². The van der Waals surface area contributed by atoms with Crippen LogP contribution in [0.15, 0.2) is 0 Å². The molecule has 0 aromatic carbocycles. The van der Waals surface area contributed by atoms with E-state index in [2.05, 4.69) is 4.74 Å². The zero-order valence-corrected chi connectivity index (χ0v) is 11.3. The molecular weight excluding hydrogens is 327 g/mol. The van der Waals surface area contributed by atoms with E-state index in [0.29, 0.717) is 12.8 Å². The highest BCUT2D eigenvalue weighted by Crippen LogP contribution is 2.39. The summed E-state index contributed by atoms with van der Waals surface area (Å²) in [5.74, 6) is -2.57. The Balaban J connectivity index is 2.97. The minimum absolute atomic E-state index is 0.166. The van der Waals surface area contributed by atoms with Crippen molar-refractivity contribution in [3.05, 3.63) is 0 Å². The topological polar surface area (TPSA) is 83.5 Å². The molecule has 1 atom stereocenters. The zero-order chi connectivity index (χ0) is 16.5. The number of alkyl halides is 5. The van der Waals surface area contributed by atoms with Gasteiger partial charge in [0.15, 0.2) is 10.1 Å². The molecule has 1 unspecified atom stereocenters. The molecule has 0 bridgehead atoms. The Hall–Kier alpha value is -0.970. The van der Waals surface area contributed by atoms with Crippen LogP contribution in [0, 0.1) is 5.92 Å². The maximum atomic E-state index is 13.1. The van der Waals surface area contributed by atoms with E-state index in [4.69, 9.17) is 0 Å². The van der Waals surface area contributed by atoms with Crippen LogP contribution in [0.5, 0.6) is 0 Å². The van der Waals surface area contributed by atoms with Gasteiger partial charge in [0, 0.05) is 0 Å². The minimum Gasteiger partial charge on any atom is -0.743 e. The summed E-state index contributed by atoms with van der Waals surface area (Å²) in [5.41, 5.74) is 0. The van der Waals surface area contributed by atoms with Crippen LogP contribution in [0.2, 0.25) is 0 Å². The SMILES string of the molecule is O=C(OC(C(F)(F)F)C(F)(F)S(=O)(=O)[O-])C1CCCCC1. The summed E-state index contributed by atoms with van der Waals surface area (Å²) >= 11 is 0. The van der Waals surface area contributed by atoms with Gasteiger partial charge in [0.1, 0.15) is 0 Å². The van der Waals surface area contributed by atoms with Gasteiger partial charge in [-0.25, -0.2) is 8.42 Å². The largest absolute Gasteiger partial charge is 0.743 e. The Kier molecular flexibility index (Phi) is 5.19. The molecule has 1 saturated carbocycles. The van der Waals surface area contributed by atoms with Crippen LogP contribution in [-0.4, -0.2) is 36.5 Å². The van der Waals surface area contributed by atoms with Crippen molar-refractivity contribution in [1.29, 1.82) is 0 Å². The van der Waals surface area contributed by atoms with E-state index in [1.54, 1.807) is 0 Å². The number of esters is 1. The van der Waals surface area contributed by atoms with Crippen LogP contribution in [0.3, 0.4) is 0 Å². The van der Waals surface area contributed by atoms with E-state index < -0.39 is 39.5 Å².